The zero-order valence-corrected chi connectivity index (χ0v) is 8.76. The van der Waals surface area contributed by atoms with Crippen molar-refractivity contribution in [3.63, 3.8) is 0 Å². The Hall–Kier alpha value is -1.51. The van der Waals surface area contributed by atoms with E-state index >= 15 is 0 Å². The molecule has 0 aliphatic rings. The molecule has 1 aromatic rings. The van der Waals surface area contributed by atoms with Crippen LogP contribution in [0, 0.1) is 6.92 Å². The molecule has 0 saturated heterocycles. The van der Waals surface area contributed by atoms with Crippen LogP contribution in [0.1, 0.15) is 29.8 Å². The molecule has 0 heterocycles. The zero-order chi connectivity index (χ0) is 10.7. The summed E-state index contributed by atoms with van der Waals surface area (Å²) < 4.78 is 5.41. The van der Waals surface area contributed by atoms with E-state index in [-0.39, 0.29) is 5.78 Å². The van der Waals surface area contributed by atoms with Gasteiger partial charge in [-0.05, 0) is 32.4 Å². The maximum Gasteiger partial charge on any atom is 0.165 e. The van der Waals surface area contributed by atoms with Gasteiger partial charge in [0.05, 0.1) is 12.2 Å². The molecule has 2 N–H and O–H groups in total. The molecule has 76 valence electrons. The fourth-order valence-corrected chi connectivity index (χ4v) is 1.40. The smallest absolute Gasteiger partial charge is 0.165 e. The Morgan fingerprint density at radius 1 is 1.50 bits per heavy atom. The minimum atomic E-state index is -0.0605. The number of aryl methyl sites for hydroxylation is 1. The molecule has 0 saturated carbocycles. The summed E-state index contributed by atoms with van der Waals surface area (Å²) >= 11 is 0. The lowest BCUT2D eigenvalue weighted by molar-refractivity contribution is 0.101. The molecule has 0 spiro atoms. The highest BCUT2D eigenvalue weighted by molar-refractivity contribution is 6.02. The third-order valence-electron chi connectivity index (χ3n) is 2.03. The Morgan fingerprint density at radius 2 is 2.14 bits per heavy atom. The van der Waals surface area contributed by atoms with Crippen LogP contribution in [0.2, 0.25) is 0 Å². The molecule has 3 heteroatoms. The number of carbonyl (C=O) groups is 1. The van der Waals surface area contributed by atoms with Crippen LogP contribution in [0.25, 0.3) is 0 Å². The van der Waals surface area contributed by atoms with Crippen LogP contribution in [0.5, 0.6) is 5.75 Å². The monoisotopic (exact) mass is 193 g/mol. The number of carbonyl (C=O) groups excluding carboxylic acids is 1. The molecule has 0 aromatic heterocycles. The van der Waals surface area contributed by atoms with Crippen LogP contribution in [0.4, 0.5) is 5.69 Å². The van der Waals surface area contributed by atoms with Gasteiger partial charge in [0.1, 0.15) is 5.75 Å². The van der Waals surface area contributed by atoms with E-state index in [1.165, 1.54) is 6.92 Å². The molecule has 0 fully saturated rings. The second-order valence-corrected chi connectivity index (χ2v) is 3.17. The molecule has 0 amide bonds. The van der Waals surface area contributed by atoms with Crippen LogP contribution >= 0.6 is 0 Å². The zero-order valence-electron chi connectivity index (χ0n) is 8.76. The number of benzene rings is 1. The first-order valence-corrected chi connectivity index (χ1v) is 4.60. The third-order valence-corrected chi connectivity index (χ3v) is 2.03. The van der Waals surface area contributed by atoms with E-state index in [0.717, 1.165) is 5.56 Å². The average Bonchev–Trinajstić information content (AvgIpc) is 2.11. The molecule has 0 bridgehead atoms. The summed E-state index contributed by atoms with van der Waals surface area (Å²) in [6.07, 6.45) is 0. The number of Topliss-reactive ketones (excluding diaryl/α,β-unsaturated/α-hetero) is 1. The van der Waals surface area contributed by atoms with E-state index < -0.39 is 0 Å². The quantitative estimate of drug-likeness (QED) is 0.591. The maximum atomic E-state index is 11.4. The molecular weight excluding hydrogens is 178 g/mol. The standard InChI is InChI=1S/C11H15NO2/c1-4-14-11-7(2)5-6-9(12)10(11)8(3)13/h5-6H,4,12H2,1-3H3. The summed E-state index contributed by atoms with van der Waals surface area (Å²) in [4.78, 5) is 11.4. The summed E-state index contributed by atoms with van der Waals surface area (Å²) in [7, 11) is 0. The number of nitrogen functional groups attached to an aromatic ring is 1. The number of rotatable bonds is 3. The van der Waals surface area contributed by atoms with Gasteiger partial charge in [0.15, 0.2) is 5.78 Å². The van der Waals surface area contributed by atoms with Gasteiger partial charge in [-0.2, -0.15) is 0 Å². The normalized spacial score (nSPS) is 9.93. The van der Waals surface area contributed by atoms with Crippen molar-refractivity contribution in [2.75, 3.05) is 12.3 Å². The van der Waals surface area contributed by atoms with Crippen LogP contribution in [0.15, 0.2) is 12.1 Å². The minimum Gasteiger partial charge on any atom is -0.493 e. The summed E-state index contributed by atoms with van der Waals surface area (Å²) in [6, 6.07) is 3.58. The Morgan fingerprint density at radius 3 is 2.64 bits per heavy atom. The fraction of sp³-hybridized carbons (Fsp3) is 0.364. The maximum absolute atomic E-state index is 11.4. The summed E-state index contributed by atoms with van der Waals surface area (Å²) in [5, 5.41) is 0. The average molecular weight is 193 g/mol. The van der Waals surface area contributed by atoms with Gasteiger partial charge in [-0.3, -0.25) is 4.79 Å². The highest BCUT2D eigenvalue weighted by Crippen LogP contribution is 2.28. The van der Waals surface area contributed by atoms with E-state index in [1.807, 2.05) is 19.9 Å². The molecule has 1 rings (SSSR count). The van der Waals surface area contributed by atoms with E-state index in [2.05, 4.69) is 0 Å². The van der Waals surface area contributed by atoms with Gasteiger partial charge in [-0.1, -0.05) is 6.07 Å². The summed E-state index contributed by atoms with van der Waals surface area (Å²) in [5.74, 6) is 0.551. The molecule has 0 unspecified atom stereocenters. The van der Waals surface area contributed by atoms with E-state index in [9.17, 15) is 4.79 Å². The highest BCUT2D eigenvalue weighted by atomic mass is 16.5. The van der Waals surface area contributed by atoms with Crippen molar-refractivity contribution < 1.29 is 9.53 Å². The van der Waals surface area contributed by atoms with Gasteiger partial charge in [0.2, 0.25) is 0 Å². The predicted octanol–water partition coefficient (Wildman–Crippen LogP) is 2.18. The number of hydrogen-bond donors (Lipinski definition) is 1. The van der Waals surface area contributed by atoms with Crippen molar-refractivity contribution in [2.45, 2.75) is 20.8 Å². The highest BCUT2D eigenvalue weighted by Gasteiger charge is 2.14. The topological polar surface area (TPSA) is 52.3 Å². The van der Waals surface area contributed by atoms with Gasteiger partial charge >= 0.3 is 0 Å². The van der Waals surface area contributed by atoms with Crippen LogP contribution in [0.3, 0.4) is 0 Å². The molecule has 0 radical (unpaired) electrons. The van der Waals surface area contributed by atoms with Crippen molar-refractivity contribution in [1.82, 2.24) is 0 Å². The first-order valence-electron chi connectivity index (χ1n) is 4.60. The van der Waals surface area contributed by atoms with Gasteiger partial charge < -0.3 is 10.5 Å². The van der Waals surface area contributed by atoms with E-state index in [0.29, 0.717) is 23.6 Å². The largest absolute Gasteiger partial charge is 0.493 e. The third kappa shape index (κ3) is 1.87. The van der Waals surface area contributed by atoms with Gasteiger partial charge in [-0.15, -0.1) is 0 Å². The molecule has 0 aliphatic heterocycles. The first kappa shape index (κ1) is 10.6. The van der Waals surface area contributed by atoms with Crippen LogP contribution < -0.4 is 10.5 Å². The van der Waals surface area contributed by atoms with Gasteiger partial charge in [0, 0.05) is 5.69 Å². The minimum absolute atomic E-state index is 0.0605. The molecule has 3 nitrogen and oxygen atoms in total. The van der Waals surface area contributed by atoms with Crippen molar-refractivity contribution in [1.29, 1.82) is 0 Å². The Bertz CT molecular complexity index is 359. The molecule has 0 atom stereocenters. The molecule has 0 aliphatic carbocycles. The molecule has 14 heavy (non-hydrogen) atoms. The van der Waals surface area contributed by atoms with Gasteiger partial charge in [0.25, 0.3) is 0 Å². The molecule has 1 aromatic carbocycles. The Kier molecular flexibility index (Phi) is 3.12. The summed E-state index contributed by atoms with van der Waals surface area (Å²) in [6.45, 7) is 5.81. The number of ketones is 1. The summed E-state index contributed by atoms with van der Waals surface area (Å²) in [5.41, 5.74) is 7.63. The second-order valence-electron chi connectivity index (χ2n) is 3.17. The van der Waals surface area contributed by atoms with Crippen LogP contribution in [-0.2, 0) is 0 Å². The second kappa shape index (κ2) is 4.13. The lowest BCUT2D eigenvalue weighted by Gasteiger charge is -2.12. The van der Waals surface area contributed by atoms with E-state index in [4.69, 9.17) is 10.5 Å². The van der Waals surface area contributed by atoms with Crippen molar-refractivity contribution >= 4 is 11.5 Å². The fourth-order valence-electron chi connectivity index (χ4n) is 1.40. The van der Waals surface area contributed by atoms with Crippen molar-refractivity contribution in [3.05, 3.63) is 23.3 Å². The SMILES string of the molecule is CCOc1c(C)ccc(N)c1C(C)=O. The first-order chi connectivity index (χ1) is 6.57. The van der Waals surface area contributed by atoms with Crippen molar-refractivity contribution in [2.24, 2.45) is 0 Å². The van der Waals surface area contributed by atoms with Gasteiger partial charge in [-0.25, -0.2) is 0 Å². The number of hydrogen-bond acceptors (Lipinski definition) is 3. The van der Waals surface area contributed by atoms with Crippen LogP contribution in [-0.4, -0.2) is 12.4 Å². The lowest BCUT2D eigenvalue weighted by atomic mass is 10.0. The van der Waals surface area contributed by atoms with E-state index in [1.54, 1.807) is 6.07 Å². The lowest BCUT2D eigenvalue weighted by Crippen LogP contribution is -2.06. The Balaban J connectivity index is 3.33. The molecular formula is C11H15NO2. The predicted molar refractivity (Wildman–Crippen MR) is 56.8 cm³/mol. The van der Waals surface area contributed by atoms with Crippen molar-refractivity contribution in [3.8, 4) is 5.75 Å². The number of nitrogens with two attached hydrogens (primary N) is 1. The Labute approximate surface area is 83.9 Å². The number of ether oxygens (including phenoxy) is 1. The number of anilines is 1.